The number of nitro benzene ring substituents is 1. The van der Waals surface area contributed by atoms with Gasteiger partial charge < -0.3 is 14.5 Å². The zero-order valence-electron chi connectivity index (χ0n) is 16.7. The summed E-state index contributed by atoms with van der Waals surface area (Å²) < 4.78 is 10.6. The molecule has 160 valence electrons. The summed E-state index contributed by atoms with van der Waals surface area (Å²) in [6.45, 7) is 1.77. The maximum Gasteiger partial charge on any atom is 0.317 e. The Bertz CT molecular complexity index is 1090. The van der Waals surface area contributed by atoms with Crippen LogP contribution in [0.3, 0.4) is 0 Å². The second-order valence-corrected chi connectivity index (χ2v) is 7.47. The maximum atomic E-state index is 13.6. The molecule has 0 saturated heterocycles. The number of Topliss-reactive ketones (excluding diaryl/α,β-unsaturated/α-hetero) is 1. The van der Waals surface area contributed by atoms with E-state index in [1.165, 1.54) is 24.5 Å². The van der Waals surface area contributed by atoms with Crippen molar-refractivity contribution in [2.24, 2.45) is 5.92 Å². The third-order valence-electron chi connectivity index (χ3n) is 5.66. The second-order valence-electron chi connectivity index (χ2n) is 7.47. The van der Waals surface area contributed by atoms with Crippen LogP contribution in [0.5, 0.6) is 0 Å². The molecule has 4 rings (SSSR count). The number of ether oxygens (including phenoxy) is 1. The van der Waals surface area contributed by atoms with E-state index in [1.54, 1.807) is 25.1 Å². The Morgan fingerprint density at radius 2 is 2.06 bits per heavy atom. The molecule has 2 aliphatic rings. The van der Waals surface area contributed by atoms with Crippen LogP contribution in [0.2, 0.25) is 0 Å². The first-order valence-corrected chi connectivity index (χ1v) is 9.92. The number of hydrogen-bond acceptors (Lipinski definition) is 7. The van der Waals surface area contributed by atoms with Gasteiger partial charge >= 0.3 is 5.97 Å². The quantitative estimate of drug-likeness (QED) is 0.338. The molecular formula is C22H20N2O7. The third kappa shape index (κ3) is 3.74. The molecule has 2 aromatic rings. The summed E-state index contributed by atoms with van der Waals surface area (Å²) in [4.78, 5) is 49.5. The summed E-state index contributed by atoms with van der Waals surface area (Å²) in [6, 6.07) is 9.21. The number of furan rings is 1. The van der Waals surface area contributed by atoms with Crippen LogP contribution in [0, 0.1) is 16.0 Å². The van der Waals surface area contributed by atoms with Gasteiger partial charge in [0.2, 0.25) is 5.91 Å². The van der Waals surface area contributed by atoms with Crippen LogP contribution in [-0.2, 0) is 19.1 Å². The molecule has 9 nitrogen and oxygen atoms in total. The number of amides is 1. The van der Waals surface area contributed by atoms with Gasteiger partial charge in [-0.15, -0.1) is 0 Å². The molecular weight excluding hydrogens is 404 g/mol. The molecule has 0 saturated carbocycles. The van der Waals surface area contributed by atoms with Crippen LogP contribution in [-0.4, -0.2) is 29.2 Å². The summed E-state index contributed by atoms with van der Waals surface area (Å²) in [7, 11) is 0. The Balaban J connectivity index is 1.82. The lowest BCUT2D eigenvalue weighted by Gasteiger charge is -2.37. The van der Waals surface area contributed by atoms with Gasteiger partial charge in [0.25, 0.3) is 5.69 Å². The van der Waals surface area contributed by atoms with E-state index in [1.807, 2.05) is 0 Å². The lowest BCUT2D eigenvalue weighted by atomic mass is 9.69. The summed E-state index contributed by atoms with van der Waals surface area (Å²) in [5.41, 5.74) is 1.05. The van der Waals surface area contributed by atoms with Gasteiger partial charge in [-0.05, 0) is 31.0 Å². The van der Waals surface area contributed by atoms with Crippen molar-refractivity contribution in [3.05, 3.63) is 75.4 Å². The van der Waals surface area contributed by atoms with Crippen LogP contribution in [0.25, 0.3) is 0 Å². The van der Waals surface area contributed by atoms with E-state index >= 15 is 0 Å². The minimum atomic E-state index is -1.12. The molecule has 2 heterocycles. The molecule has 9 heteroatoms. The molecule has 1 aliphatic heterocycles. The van der Waals surface area contributed by atoms with Crippen molar-refractivity contribution in [1.82, 2.24) is 5.32 Å². The van der Waals surface area contributed by atoms with Crippen molar-refractivity contribution >= 4 is 23.3 Å². The fourth-order valence-electron chi connectivity index (χ4n) is 4.36. The Kier molecular flexibility index (Phi) is 5.41. The number of ketones is 1. The van der Waals surface area contributed by atoms with E-state index < -0.39 is 34.4 Å². The van der Waals surface area contributed by atoms with Gasteiger partial charge in [-0.2, -0.15) is 0 Å². The van der Waals surface area contributed by atoms with E-state index in [-0.39, 0.29) is 31.0 Å². The Labute approximate surface area is 177 Å². The summed E-state index contributed by atoms with van der Waals surface area (Å²) in [6.07, 6.45) is 1.61. The molecule has 0 bridgehead atoms. The zero-order valence-corrected chi connectivity index (χ0v) is 16.7. The van der Waals surface area contributed by atoms with E-state index in [2.05, 4.69) is 5.32 Å². The number of rotatable bonds is 5. The van der Waals surface area contributed by atoms with Crippen LogP contribution < -0.4 is 5.32 Å². The molecule has 1 aliphatic carbocycles. The summed E-state index contributed by atoms with van der Waals surface area (Å²) in [5, 5.41) is 14.0. The van der Waals surface area contributed by atoms with E-state index in [0.29, 0.717) is 22.6 Å². The minimum absolute atomic E-state index is 0.0489. The third-order valence-corrected chi connectivity index (χ3v) is 5.66. The Hall–Kier alpha value is -3.75. The number of allylic oxidation sites excluding steroid dienone is 2. The van der Waals surface area contributed by atoms with Crippen molar-refractivity contribution in [3.63, 3.8) is 0 Å². The second kappa shape index (κ2) is 8.17. The predicted octanol–water partition coefficient (Wildman–Crippen LogP) is 2.98. The minimum Gasteiger partial charge on any atom is -0.469 e. The van der Waals surface area contributed by atoms with Gasteiger partial charge in [0.15, 0.2) is 5.78 Å². The Morgan fingerprint density at radius 1 is 1.26 bits per heavy atom. The number of esters is 1. The maximum absolute atomic E-state index is 13.6. The number of carbonyl (C=O) groups excluding carboxylic acids is 3. The molecule has 0 spiro atoms. The number of non-ortho nitro benzene ring substituents is 1. The first-order valence-electron chi connectivity index (χ1n) is 9.92. The average molecular weight is 424 g/mol. The van der Waals surface area contributed by atoms with Crippen LogP contribution in [0.4, 0.5) is 5.69 Å². The van der Waals surface area contributed by atoms with Crippen molar-refractivity contribution in [2.45, 2.75) is 31.6 Å². The topological polar surface area (TPSA) is 129 Å². The van der Waals surface area contributed by atoms with Gasteiger partial charge in [-0.25, -0.2) is 0 Å². The van der Waals surface area contributed by atoms with Gasteiger partial charge in [0, 0.05) is 41.7 Å². The highest BCUT2D eigenvalue weighted by atomic mass is 16.6. The highest BCUT2D eigenvalue weighted by molar-refractivity contribution is 6.12. The fraction of sp³-hybridized carbons (Fsp3) is 0.318. The number of nitrogens with zero attached hydrogens (tertiary/aromatic N) is 1. The van der Waals surface area contributed by atoms with Crippen molar-refractivity contribution in [3.8, 4) is 0 Å². The number of carbonyl (C=O) groups is 3. The molecule has 3 atom stereocenters. The van der Waals surface area contributed by atoms with Gasteiger partial charge in [-0.1, -0.05) is 12.1 Å². The number of benzene rings is 1. The van der Waals surface area contributed by atoms with Gasteiger partial charge in [0.05, 0.1) is 17.8 Å². The van der Waals surface area contributed by atoms with Gasteiger partial charge in [-0.3, -0.25) is 24.5 Å². The lowest BCUT2D eigenvalue weighted by Crippen LogP contribution is -2.44. The van der Waals surface area contributed by atoms with E-state index in [4.69, 9.17) is 9.15 Å². The van der Waals surface area contributed by atoms with Crippen molar-refractivity contribution in [2.75, 3.05) is 6.61 Å². The smallest absolute Gasteiger partial charge is 0.317 e. The predicted molar refractivity (Wildman–Crippen MR) is 107 cm³/mol. The average Bonchev–Trinajstić information content (AvgIpc) is 3.27. The first-order chi connectivity index (χ1) is 14.9. The first kappa shape index (κ1) is 20.5. The van der Waals surface area contributed by atoms with E-state index in [0.717, 1.165) is 0 Å². The molecule has 1 aromatic carbocycles. The monoisotopic (exact) mass is 424 g/mol. The molecule has 0 fully saturated rings. The molecule has 1 N–H and O–H groups in total. The SMILES string of the molecule is CCOC(=O)[C@@H]1C(=O)C2=C(C[C@@H]1c1ccco1)NC(=O)C[C@H]2c1cccc([N+](=O)[O-])c1. The van der Waals surface area contributed by atoms with Crippen LogP contribution >= 0.6 is 0 Å². The molecule has 0 unspecified atom stereocenters. The molecule has 1 amide bonds. The van der Waals surface area contributed by atoms with Crippen molar-refractivity contribution in [1.29, 1.82) is 0 Å². The number of nitrogens with one attached hydrogen (secondary N) is 1. The fourth-order valence-corrected chi connectivity index (χ4v) is 4.36. The normalized spacial score (nSPS) is 23.2. The molecule has 31 heavy (non-hydrogen) atoms. The summed E-state index contributed by atoms with van der Waals surface area (Å²) >= 11 is 0. The van der Waals surface area contributed by atoms with Crippen LogP contribution in [0.15, 0.2) is 58.3 Å². The standard InChI is InChI=1S/C22H20N2O7/c1-2-30-22(27)20-15(17-7-4-8-31-17)10-16-19(21(20)26)14(11-18(25)23-16)12-5-3-6-13(9-12)24(28)29/h3-9,14-15,20H,2,10-11H2,1H3,(H,23,25)/t14-,15+,20-/m0/s1. The van der Waals surface area contributed by atoms with Crippen LogP contribution in [0.1, 0.15) is 42.9 Å². The van der Waals surface area contributed by atoms with Gasteiger partial charge in [0.1, 0.15) is 11.7 Å². The highest BCUT2D eigenvalue weighted by Gasteiger charge is 2.48. The number of hydrogen-bond donors (Lipinski definition) is 1. The lowest BCUT2D eigenvalue weighted by molar-refractivity contribution is -0.384. The zero-order chi connectivity index (χ0) is 22.1. The Morgan fingerprint density at radius 3 is 2.74 bits per heavy atom. The highest BCUT2D eigenvalue weighted by Crippen LogP contribution is 2.46. The van der Waals surface area contributed by atoms with E-state index in [9.17, 15) is 24.5 Å². The largest absolute Gasteiger partial charge is 0.469 e. The summed E-state index contributed by atoms with van der Waals surface area (Å²) in [5.74, 6) is -3.40. The number of nitro groups is 1. The van der Waals surface area contributed by atoms with Crippen molar-refractivity contribution < 1.29 is 28.5 Å². The molecule has 0 radical (unpaired) electrons. The molecule has 1 aromatic heterocycles.